The average molecular weight is 424 g/mol. The minimum atomic E-state index is -0.443. The van der Waals surface area contributed by atoms with Crippen LogP contribution < -0.4 is 11.1 Å². The van der Waals surface area contributed by atoms with Gasteiger partial charge in [0.05, 0.1) is 12.2 Å². The van der Waals surface area contributed by atoms with Gasteiger partial charge in [-0.1, -0.05) is 67.2 Å². The topological polar surface area (TPSA) is 103 Å². The molecule has 3 rings (SSSR count). The first kappa shape index (κ1) is 21.6. The predicted octanol–water partition coefficient (Wildman–Crippen LogP) is 3.67. The zero-order valence-corrected chi connectivity index (χ0v) is 17.9. The maximum atomic E-state index is 12.5. The first-order valence-electron chi connectivity index (χ1n) is 9.78. The number of carbonyl (C=O) groups is 2. The number of hydrogen-bond donors (Lipinski definition) is 2. The third-order valence-corrected chi connectivity index (χ3v) is 5.66. The first-order chi connectivity index (χ1) is 14.5. The molecule has 0 radical (unpaired) electrons. The standard InChI is InChI=1S/C22H25N5O2S/c1-3-15(2)27-21(16-9-5-4-6-10-16)25-26-22(27)30-14-20(29)24-18-12-8-7-11-17(18)13-19(23)28/h4-12,15H,3,13-14H2,1-2H3,(H2,23,28)(H,24,29). The number of rotatable bonds is 9. The maximum Gasteiger partial charge on any atom is 0.234 e. The van der Waals surface area contributed by atoms with E-state index in [2.05, 4.69) is 33.9 Å². The van der Waals surface area contributed by atoms with Crippen molar-refractivity contribution < 1.29 is 9.59 Å². The highest BCUT2D eigenvalue weighted by molar-refractivity contribution is 7.99. The number of carbonyl (C=O) groups excluding carboxylic acids is 2. The summed E-state index contributed by atoms with van der Waals surface area (Å²) in [5, 5.41) is 12.3. The summed E-state index contributed by atoms with van der Waals surface area (Å²) in [4.78, 5) is 23.8. The normalized spacial score (nSPS) is 11.8. The summed E-state index contributed by atoms with van der Waals surface area (Å²) < 4.78 is 2.08. The minimum absolute atomic E-state index is 0.0758. The van der Waals surface area contributed by atoms with Crippen LogP contribution in [0.2, 0.25) is 0 Å². The second kappa shape index (κ2) is 10.1. The van der Waals surface area contributed by atoms with Gasteiger partial charge in [0.2, 0.25) is 11.8 Å². The summed E-state index contributed by atoms with van der Waals surface area (Å²) in [6.07, 6.45) is 0.991. The van der Waals surface area contributed by atoms with Gasteiger partial charge in [0.1, 0.15) is 0 Å². The highest BCUT2D eigenvalue weighted by Gasteiger charge is 2.19. The summed E-state index contributed by atoms with van der Waals surface area (Å²) in [6, 6.07) is 17.2. The molecule has 30 heavy (non-hydrogen) atoms. The van der Waals surface area contributed by atoms with Crippen LogP contribution in [0.25, 0.3) is 11.4 Å². The Kier molecular flexibility index (Phi) is 7.24. The van der Waals surface area contributed by atoms with Crippen molar-refractivity contribution in [2.75, 3.05) is 11.1 Å². The number of nitrogens with zero attached hydrogens (tertiary/aromatic N) is 3. The van der Waals surface area contributed by atoms with Crippen LogP contribution in [-0.4, -0.2) is 32.3 Å². The van der Waals surface area contributed by atoms with E-state index in [0.29, 0.717) is 16.4 Å². The molecule has 0 spiro atoms. The molecule has 0 saturated heterocycles. The molecule has 0 aliphatic heterocycles. The first-order valence-corrected chi connectivity index (χ1v) is 10.8. The van der Waals surface area contributed by atoms with Crippen molar-refractivity contribution in [3.63, 3.8) is 0 Å². The number of benzene rings is 2. The van der Waals surface area contributed by atoms with Crippen LogP contribution in [0.1, 0.15) is 31.9 Å². The maximum absolute atomic E-state index is 12.5. The van der Waals surface area contributed by atoms with Crippen LogP contribution in [-0.2, 0) is 16.0 Å². The Morgan fingerprint density at radius 2 is 1.80 bits per heavy atom. The van der Waals surface area contributed by atoms with Gasteiger partial charge in [-0.3, -0.25) is 14.2 Å². The smallest absolute Gasteiger partial charge is 0.234 e. The summed E-state index contributed by atoms with van der Waals surface area (Å²) in [5.74, 6) is 0.339. The zero-order valence-electron chi connectivity index (χ0n) is 17.0. The van der Waals surface area contributed by atoms with Gasteiger partial charge >= 0.3 is 0 Å². The molecule has 2 aromatic carbocycles. The van der Waals surface area contributed by atoms with Crippen molar-refractivity contribution in [2.24, 2.45) is 5.73 Å². The molecule has 1 unspecified atom stereocenters. The van der Waals surface area contributed by atoms with Gasteiger partial charge < -0.3 is 11.1 Å². The number of thioether (sulfide) groups is 1. The molecule has 0 aliphatic carbocycles. The Morgan fingerprint density at radius 1 is 1.10 bits per heavy atom. The molecule has 8 heteroatoms. The number of nitrogens with one attached hydrogen (secondary N) is 1. The summed E-state index contributed by atoms with van der Waals surface area (Å²) in [6.45, 7) is 4.22. The van der Waals surface area contributed by atoms with E-state index < -0.39 is 5.91 Å². The predicted molar refractivity (Wildman–Crippen MR) is 119 cm³/mol. The van der Waals surface area contributed by atoms with E-state index in [-0.39, 0.29) is 24.1 Å². The van der Waals surface area contributed by atoms with E-state index in [9.17, 15) is 9.59 Å². The van der Waals surface area contributed by atoms with Gasteiger partial charge in [-0.15, -0.1) is 10.2 Å². The van der Waals surface area contributed by atoms with Gasteiger partial charge in [-0.2, -0.15) is 0 Å². The highest BCUT2D eigenvalue weighted by Crippen LogP contribution is 2.29. The van der Waals surface area contributed by atoms with E-state index in [0.717, 1.165) is 17.8 Å². The lowest BCUT2D eigenvalue weighted by molar-refractivity contribution is -0.117. The minimum Gasteiger partial charge on any atom is -0.369 e. The van der Waals surface area contributed by atoms with E-state index >= 15 is 0 Å². The van der Waals surface area contributed by atoms with E-state index in [1.807, 2.05) is 36.4 Å². The summed E-state index contributed by atoms with van der Waals surface area (Å²) >= 11 is 1.34. The Bertz CT molecular complexity index is 1020. The molecule has 156 valence electrons. The van der Waals surface area contributed by atoms with Crippen LogP contribution in [0.15, 0.2) is 59.8 Å². The fraction of sp³-hybridized carbons (Fsp3) is 0.273. The van der Waals surface area contributed by atoms with E-state index in [1.165, 1.54) is 11.8 Å². The molecule has 1 heterocycles. The van der Waals surface area contributed by atoms with Gasteiger partial charge in [-0.25, -0.2) is 0 Å². The van der Waals surface area contributed by atoms with Gasteiger partial charge in [0.25, 0.3) is 0 Å². The number of nitrogens with two attached hydrogens (primary N) is 1. The fourth-order valence-corrected chi connectivity index (χ4v) is 3.88. The van der Waals surface area contributed by atoms with Crippen molar-refractivity contribution in [1.29, 1.82) is 0 Å². The molecule has 0 fully saturated rings. The van der Waals surface area contributed by atoms with E-state index in [4.69, 9.17) is 5.73 Å². The monoisotopic (exact) mass is 423 g/mol. The molecule has 2 amide bonds. The lowest BCUT2D eigenvalue weighted by atomic mass is 10.1. The Morgan fingerprint density at radius 3 is 2.50 bits per heavy atom. The number of amides is 2. The molecule has 0 saturated carbocycles. The Hall–Kier alpha value is -3.13. The van der Waals surface area contributed by atoms with Crippen LogP contribution in [0.5, 0.6) is 0 Å². The molecule has 7 nitrogen and oxygen atoms in total. The number of primary amides is 1. The molecular weight excluding hydrogens is 398 g/mol. The molecule has 1 aromatic heterocycles. The second-order valence-electron chi connectivity index (χ2n) is 6.94. The fourth-order valence-electron chi connectivity index (χ4n) is 3.04. The van der Waals surface area contributed by atoms with Crippen LogP contribution in [0.3, 0.4) is 0 Å². The van der Waals surface area contributed by atoms with E-state index in [1.54, 1.807) is 18.2 Å². The lowest BCUT2D eigenvalue weighted by Gasteiger charge is -2.16. The van der Waals surface area contributed by atoms with Crippen molar-refractivity contribution in [1.82, 2.24) is 14.8 Å². The molecule has 0 aliphatic rings. The molecule has 1 atom stereocenters. The number of hydrogen-bond acceptors (Lipinski definition) is 5. The van der Waals surface area contributed by atoms with Crippen molar-refractivity contribution in [2.45, 2.75) is 37.9 Å². The largest absolute Gasteiger partial charge is 0.369 e. The Balaban J connectivity index is 1.74. The quantitative estimate of drug-likeness (QED) is 0.511. The number of aromatic nitrogens is 3. The van der Waals surface area contributed by atoms with Crippen LogP contribution >= 0.6 is 11.8 Å². The lowest BCUT2D eigenvalue weighted by Crippen LogP contribution is -2.19. The zero-order chi connectivity index (χ0) is 21.5. The summed E-state index contributed by atoms with van der Waals surface area (Å²) in [7, 11) is 0. The molecule has 3 aromatic rings. The van der Waals surface area contributed by atoms with Gasteiger partial charge in [-0.05, 0) is 25.0 Å². The van der Waals surface area contributed by atoms with Crippen molar-refractivity contribution in [3.05, 3.63) is 60.2 Å². The SMILES string of the molecule is CCC(C)n1c(SCC(=O)Nc2ccccc2CC(N)=O)nnc1-c1ccccc1. The number of para-hydroxylation sites is 1. The second-order valence-corrected chi connectivity index (χ2v) is 7.88. The van der Waals surface area contributed by atoms with Crippen LogP contribution in [0.4, 0.5) is 5.69 Å². The third kappa shape index (κ3) is 5.27. The van der Waals surface area contributed by atoms with Crippen LogP contribution in [0, 0.1) is 0 Å². The highest BCUT2D eigenvalue weighted by atomic mass is 32.2. The van der Waals surface area contributed by atoms with Crippen molar-refractivity contribution in [3.8, 4) is 11.4 Å². The Labute approximate surface area is 180 Å². The van der Waals surface area contributed by atoms with Crippen molar-refractivity contribution >= 4 is 29.3 Å². The summed E-state index contributed by atoms with van der Waals surface area (Å²) in [5.41, 5.74) is 7.57. The van der Waals surface area contributed by atoms with Gasteiger partial charge in [0, 0.05) is 17.3 Å². The average Bonchev–Trinajstić information content (AvgIpc) is 3.17. The third-order valence-electron chi connectivity index (χ3n) is 4.72. The molecular formula is C22H25N5O2S. The van der Waals surface area contributed by atoms with Gasteiger partial charge in [0.15, 0.2) is 11.0 Å². The molecule has 0 bridgehead atoms. The number of anilines is 1. The molecule has 3 N–H and O–H groups in total.